The van der Waals surface area contributed by atoms with Crippen LogP contribution in [0.4, 0.5) is 5.95 Å². The van der Waals surface area contributed by atoms with E-state index < -0.39 is 0 Å². The van der Waals surface area contributed by atoms with Crippen molar-refractivity contribution >= 4 is 17.7 Å². The Hall–Kier alpha value is -0.810. The lowest BCUT2D eigenvalue weighted by Crippen LogP contribution is -2.55. The van der Waals surface area contributed by atoms with Crippen molar-refractivity contribution in [2.75, 3.05) is 29.5 Å². The summed E-state index contributed by atoms with van der Waals surface area (Å²) in [5.41, 5.74) is 0.413. The molecule has 0 amide bonds. The maximum Gasteiger partial charge on any atom is 0.225 e. The molecule has 0 saturated carbocycles. The van der Waals surface area contributed by atoms with E-state index in [0.717, 1.165) is 19.0 Å². The standard InChI is InChI=1S/C16H26N4S/c1-16(2)6-10-21-12-14(16)19-13-5-3-9-20(11-13)15-17-7-4-8-18-15/h4,7-8,13-14,19H,3,5-6,9-12H2,1-2H3. The fraction of sp³-hybridized carbons (Fsp3) is 0.750. The molecule has 2 fully saturated rings. The Morgan fingerprint density at radius 1 is 1.33 bits per heavy atom. The molecule has 21 heavy (non-hydrogen) atoms. The summed E-state index contributed by atoms with van der Waals surface area (Å²) in [4.78, 5) is 11.1. The van der Waals surface area contributed by atoms with Crippen LogP contribution in [0, 0.1) is 5.41 Å². The normalized spacial score (nSPS) is 29.3. The Kier molecular flexibility index (Phi) is 4.69. The molecule has 5 heteroatoms. The van der Waals surface area contributed by atoms with Gasteiger partial charge in [-0.15, -0.1) is 0 Å². The molecule has 2 aliphatic rings. The topological polar surface area (TPSA) is 41.0 Å². The monoisotopic (exact) mass is 306 g/mol. The highest BCUT2D eigenvalue weighted by Gasteiger charge is 2.34. The van der Waals surface area contributed by atoms with Crippen LogP contribution in [-0.2, 0) is 0 Å². The molecule has 2 saturated heterocycles. The summed E-state index contributed by atoms with van der Waals surface area (Å²) in [6.07, 6.45) is 7.46. The van der Waals surface area contributed by atoms with Gasteiger partial charge >= 0.3 is 0 Å². The minimum Gasteiger partial charge on any atom is -0.339 e. The average molecular weight is 306 g/mol. The summed E-state index contributed by atoms with van der Waals surface area (Å²) in [7, 11) is 0. The quantitative estimate of drug-likeness (QED) is 0.929. The van der Waals surface area contributed by atoms with E-state index in [1.807, 2.05) is 18.5 Å². The van der Waals surface area contributed by atoms with Crippen LogP contribution in [0.5, 0.6) is 0 Å². The molecule has 3 rings (SSSR count). The van der Waals surface area contributed by atoms with Gasteiger partial charge in [-0.3, -0.25) is 0 Å². The number of nitrogens with zero attached hydrogens (tertiary/aromatic N) is 3. The van der Waals surface area contributed by atoms with Crippen LogP contribution < -0.4 is 10.2 Å². The van der Waals surface area contributed by atoms with Crippen molar-refractivity contribution in [1.29, 1.82) is 0 Å². The molecular weight excluding hydrogens is 280 g/mol. The van der Waals surface area contributed by atoms with Gasteiger partial charge in [-0.1, -0.05) is 13.8 Å². The summed E-state index contributed by atoms with van der Waals surface area (Å²) in [5.74, 6) is 3.42. The summed E-state index contributed by atoms with van der Waals surface area (Å²) in [5, 5.41) is 3.93. The van der Waals surface area contributed by atoms with Crippen molar-refractivity contribution < 1.29 is 0 Å². The van der Waals surface area contributed by atoms with Crippen molar-refractivity contribution in [3.05, 3.63) is 18.5 Å². The van der Waals surface area contributed by atoms with E-state index >= 15 is 0 Å². The van der Waals surface area contributed by atoms with Crippen LogP contribution in [-0.4, -0.2) is 46.6 Å². The lowest BCUT2D eigenvalue weighted by atomic mass is 9.81. The Bertz CT molecular complexity index is 451. The fourth-order valence-corrected chi connectivity index (χ4v) is 4.86. The first-order chi connectivity index (χ1) is 10.1. The molecular formula is C16H26N4S. The fourth-order valence-electron chi connectivity index (χ4n) is 3.24. The van der Waals surface area contributed by atoms with E-state index in [0.29, 0.717) is 17.5 Å². The SMILES string of the molecule is CC1(C)CCSCC1NC1CCCN(c2ncccn2)C1. The molecule has 0 aromatic carbocycles. The van der Waals surface area contributed by atoms with Crippen LogP contribution in [0.3, 0.4) is 0 Å². The van der Waals surface area contributed by atoms with Crippen molar-refractivity contribution in [2.24, 2.45) is 5.41 Å². The van der Waals surface area contributed by atoms with Gasteiger partial charge in [0.25, 0.3) is 0 Å². The maximum atomic E-state index is 4.40. The van der Waals surface area contributed by atoms with Crippen LogP contribution in [0.15, 0.2) is 18.5 Å². The number of piperidine rings is 1. The molecule has 2 aliphatic heterocycles. The number of hydrogen-bond donors (Lipinski definition) is 1. The van der Waals surface area contributed by atoms with Gasteiger partial charge < -0.3 is 10.2 Å². The van der Waals surface area contributed by atoms with Crippen molar-refractivity contribution in [1.82, 2.24) is 15.3 Å². The first-order valence-electron chi connectivity index (χ1n) is 8.01. The number of rotatable bonds is 3. The lowest BCUT2D eigenvalue weighted by Gasteiger charge is -2.43. The molecule has 4 nitrogen and oxygen atoms in total. The highest BCUT2D eigenvalue weighted by molar-refractivity contribution is 7.99. The lowest BCUT2D eigenvalue weighted by molar-refractivity contribution is 0.219. The second-order valence-electron chi connectivity index (χ2n) is 6.87. The summed E-state index contributed by atoms with van der Waals surface area (Å²) in [6.45, 7) is 6.92. The maximum absolute atomic E-state index is 4.40. The molecule has 1 aromatic heterocycles. The van der Waals surface area contributed by atoms with Gasteiger partial charge in [0, 0.05) is 43.3 Å². The van der Waals surface area contributed by atoms with Gasteiger partial charge in [0.05, 0.1) is 0 Å². The van der Waals surface area contributed by atoms with Crippen molar-refractivity contribution in [3.8, 4) is 0 Å². The van der Waals surface area contributed by atoms with E-state index in [1.165, 1.54) is 30.8 Å². The minimum atomic E-state index is 0.413. The summed E-state index contributed by atoms with van der Waals surface area (Å²) in [6, 6.07) is 3.06. The highest BCUT2D eigenvalue weighted by atomic mass is 32.2. The van der Waals surface area contributed by atoms with Crippen LogP contribution in [0.25, 0.3) is 0 Å². The van der Waals surface area contributed by atoms with Gasteiger partial charge in [-0.25, -0.2) is 9.97 Å². The minimum absolute atomic E-state index is 0.413. The predicted octanol–water partition coefficient (Wildman–Crippen LogP) is 2.57. The Morgan fingerprint density at radius 3 is 2.90 bits per heavy atom. The predicted molar refractivity (Wildman–Crippen MR) is 89.9 cm³/mol. The van der Waals surface area contributed by atoms with Gasteiger partial charge in [-0.2, -0.15) is 11.8 Å². The first kappa shape index (κ1) is 15.1. The van der Waals surface area contributed by atoms with E-state index in [2.05, 4.69) is 45.8 Å². The largest absolute Gasteiger partial charge is 0.339 e. The van der Waals surface area contributed by atoms with E-state index in [-0.39, 0.29) is 0 Å². The third-order valence-corrected chi connectivity index (χ3v) is 5.87. The second kappa shape index (κ2) is 6.53. The molecule has 0 aliphatic carbocycles. The first-order valence-corrected chi connectivity index (χ1v) is 9.16. The Balaban J connectivity index is 1.61. The van der Waals surface area contributed by atoms with Crippen molar-refractivity contribution in [3.63, 3.8) is 0 Å². The molecule has 3 heterocycles. The average Bonchev–Trinajstić information content (AvgIpc) is 2.51. The molecule has 0 radical (unpaired) electrons. The van der Waals surface area contributed by atoms with Crippen LogP contribution >= 0.6 is 11.8 Å². The van der Waals surface area contributed by atoms with Gasteiger partial charge in [0.2, 0.25) is 5.95 Å². The Labute approximate surface area is 132 Å². The van der Waals surface area contributed by atoms with Crippen molar-refractivity contribution in [2.45, 2.75) is 45.2 Å². The highest BCUT2D eigenvalue weighted by Crippen LogP contribution is 2.34. The van der Waals surface area contributed by atoms with Crippen LogP contribution in [0.1, 0.15) is 33.1 Å². The molecule has 2 atom stereocenters. The zero-order valence-electron chi connectivity index (χ0n) is 13.1. The molecule has 0 bridgehead atoms. The second-order valence-corrected chi connectivity index (χ2v) is 8.02. The molecule has 0 spiro atoms. The number of nitrogens with one attached hydrogen (secondary N) is 1. The Morgan fingerprint density at radius 2 is 2.14 bits per heavy atom. The van der Waals surface area contributed by atoms with E-state index in [9.17, 15) is 0 Å². The molecule has 2 unspecified atom stereocenters. The van der Waals surface area contributed by atoms with Gasteiger partial charge in [-0.05, 0) is 36.5 Å². The smallest absolute Gasteiger partial charge is 0.225 e. The summed E-state index contributed by atoms with van der Waals surface area (Å²) < 4.78 is 0. The molecule has 1 aromatic rings. The van der Waals surface area contributed by atoms with Gasteiger partial charge in [0.1, 0.15) is 0 Å². The van der Waals surface area contributed by atoms with Gasteiger partial charge in [0.15, 0.2) is 0 Å². The third-order valence-electron chi connectivity index (χ3n) is 4.81. The zero-order chi connectivity index (χ0) is 14.7. The molecule has 1 N–H and O–H groups in total. The molecule has 116 valence electrons. The van der Waals surface area contributed by atoms with E-state index in [4.69, 9.17) is 0 Å². The summed E-state index contributed by atoms with van der Waals surface area (Å²) >= 11 is 2.09. The zero-order valence-corrected chi connectivity index (χ0v) is 13.9. The number of anilines is 1. The third kappa shape index (κ3) is 3.69. The number of thioether (sulfide) groups is 1. The van der Waals surface area contributed by atoms with Crippen LogP contribution in [0.2, 0.25) is 0 Å². The number of aromatic nitrogens is 2. The number of hydrogen-bond acceptors (Lipinski definition) is 5. The van der Waals surface area contributed by atoms with E-state index in [1.54, 1.807) is 0 Å².